The van der Waals surface area contributed by atoms with Crippen LogP contribution in [-0.4, -0.2) is 96.0 Å². The van der Waals surface area contributed by atoms with Crippen LogP contribution < -0.4 is 10.2 Å². The summed E-state index contributed by atoms with van der Waals surface area (Å²) >= 11 is 0. The van der Waals surface area contributed by atoms with Crippen LogP contribution in [0.3, 0.4) is 0 Å². The minimum atomic E-state index is -2.67. The van der Waals surface area contributed by atoms with Gasteiger partial charge in [-0.1, -0.05) is 0 Å². The third-order valence-corrected chi connectivity index (χ3v) is 13.9. The summed E-state index contributed by atoms with van der Waals surface area (Å²) in [7, 11) is 1.78. The molecular weight excluding hydrogens is 785 g/mol. The van der Waals surface area contributed by atoms with E-state index in [0.717, 1.165) is 102 Å². The second kappa shape index (κ2) is 15.3. The van der Waals surface area contributed by atoms with Gasteiger partial charge in [0.05, 0.1) is 29.9 Å². The number of nitrogens with zero attached hydrogens (tertiary/aromatic N) is 8. The van der Waals surface area contributed by atoms with Gasteiger partial charge in [-0.15, -0.1) is 0 Å². The molecule has 10 rings (SSSR count). The standard InChI is InChI=1S/C45H49F2N9O5/c1-25(57)53-15-12-37-36(24-53)42(54-13-3-4-28-17-32(30-20-48-51(2)22-30)33(41(46)47)19-39(28)54)50-56(37)31-7-5-26(6-8-31)21-52-14-11-27-16-34-35(18-29(27)23-52)45(61)55(44(34)60)38-9-10-40(58)49-43(38)59/h16-20,22,26,31,38,41H,3-15,21,23-24H2,1-2H3,(H,49,58,59). The smallest absolute Gasteiger partial charge is 0.264 e. The van der Waals surface area contributed by atoms with Crippen LogP contribution in [-0.2, 0) is 53.8 Å². The highest BCUT2D eigenvalue weighted by Crippen LogP contribution is 2.45. The van der Waals surface area contributed by atoms with E-state index in [1.807, 2.05) is 23.1 Å². The first kappa shape index (κ1) is 39.4. The number of amides is 5. The average Bonchev–Trinajstić information content (AvgIpc) is 3.92. The highest BCUT2D eigenvalue weighted by molar-refractivity contribution is 6.23. The fourth-order valence-corrected chi connectivity index (χ4v) is 10.8. The van der Waals surface area contributed by atoms with E-state index in [1.54, 1.807) is 37.1 Å². The molecule has 1 unspecified atom stereocenters. The maximum absolute atomic E-state index is 14.7. The van der Waals surface area contributed by atoms with E-state index in [-0.39, 0.29) is 30.4 Å². The molecule has 0 spiro atoms. The molecule has 2 aromatic carbocycles. The van der Waals surface area contributed by atoms with Gasteiger partial charge in [-0.3, -0.25) is 48.5 Å². The third-order valence-electron chi connectivity index (χ3n) is 13.9. The molecule has 1 saturated carbocycles. The molecule has 2 aromatic heterocycles. The van der Waals surface area contributed by atoms with Gasteiger partial charge in [0.1, 0.15) is 6.04 Å². The third kappa shape index (κ3) is 6.92. The number of piperidine rings is 1. The van der Waals surface area contributed by atoms with E-state index in [0.29, 0.717) is 60.8 Å². The lowest BCUT2D eigenvalue weighted by atomic mass is 9.85. The van der Waals surface area contributed by atoms with E-state index < -0.39 is 36.1 Å². The Hall–Kier alpha value is -5.77. The Morgan fingerprint density at radius 3 is 2.31 bits per heavy atom. The molecule has 1 aliphatic carbocycles. The first-order valence-electron chi connectivity index (χ1n) is 21.6. The normalized spacial score (nSPS) is 23.0. The number of alkyl halides is 2. The van der Waals surface area contributed by atoms with Crippen molar-refractivity contribution >= 4 is 41.0 Å². The van der Waals surface area contributed by atoms with Gasteiger partial charge in [0, 0.05) is 93.8 Å². The van der Waals surface area contributed by atoms with Crippen LogP contribution in [0.2, 0.25) is 0 Å². The highest BCUT2D eigenvalue weighted by Gasteiger charge is 2.45. The fourth-order valence-electron chi connectivity index (χ4n) is 10.8. The largest absolute Gasteiger partial charge is 0.338 e. The lowest BCUT2D eigenvalue weighted by Gasteiger charge is -2.36. The fraction of sp³-hybridized carbons (Fsp3) is 0.489. The number of anilines is 2. The van der Waals surface area contributed by atoms with Gasteiger partial charge >= 0.3 is 0 Å². The molecule has 61 heavy (non-hydrogen) atoms. The molecule has 318 valence electrons. The number of nitrogens with one attached hydrogen (secondary N) is 1. The van der Waals surface area contributed by atoms with Gasteiger partial charge in [-0.25, -0.2) is 8.78 Å². The van der Waals surface area contributed by atoms with Crippen molar-refractivity contribution in [1.29, 1.82) is 0 Å². The molecule has 4 aromatic rings. The van der Waals surface area contributed by atoms with E-state index >= 15 is 0 Å². The molecule has 16 heteroatoms. The van der Waals surface area contributed by atoms with Crippen LogP contribution in [0.1, 0.15) is 119 Å². The molecule has 0 radical (unpaired) electrons. The Labute approximate surface area is 351 Å². The molecule has 2 fully saturated rings. The van der Waals surface area contributed by atoms with Gasteiger partial charge in [-0.2, -0.15) is 10.2 Å². The predicted octanol–water partition coefficient (Wildman–Crippen LogP) is 5.40. The maximum atomic E-state index is 14.7. The highest BCUT2D eigenvalue weighted by atomic mass is 19.3. The zero-order valence-electron chi connectivity index (χ0n) is 34.5. The Bertz CT molecular complexity index is 2500. The van der Waals surface area contributed by atoms with Crippen molar-refractivity contribution in [2.24, 2.45) is 13.0 Å². The van der Waals surface area contributed by atoms with E-state index in [1.165, 1.54) is 0 Å². The van der Waals surface area contributed by atoms with Crippen molar-refractivity contribution in [3.63, 3.8) is 0 Å². The Balaban J connectivity index is 0.855. The number of imide groups is 2. The van der Waals surface area contributed by atoms with Crippen LogP contribution in [0.4, 0.5) is 20.3 Å². The molecule has 5 aliphatic heterocycles. The molecule has 1 N–H and O–H groups in total. The summed E-state index contributed by atoms with van der Waals surface area (Å²) < 4.78 is 33.3. The van der Waals surface area contributed by atoms with Crippen LogP contribution in [0.5, 0.6) is 0 Å². The van der Waals surface area contributed by atoms with E-state index in [2.05, 4.69) is 24.9 Å². The molecule has 5 amide bonds. The number of hydrogen-bond donors (Lipinski definition) is 1. The molecule has 1 saturated heterocycles. The zero-order valence-corrected chi connectivity index (χ0v) is 34.5. The summed E-state index contributed by atoms with van der Waals surface area (Å²) in [6, 6.07) is 6.39. The van der Waals surface area contributed by atoms with Gasteiger partial charge in [0.25, 0.3) is 18.2 Å². The first-order valence-corrected chi connectivity index (χ1v) is 21.6. The number of aromatic nitrogens is 4. The SMILES string of the molecule is CC(=O)N1CCc2c(c(N3CCCc4cc(-c5cnn(C)c5)c(C(F)F)cc43)nn2C2CCC(CN3CCc4cc5c(cc4C3)C(=O)N(C3CCC(=O)NC3=O)C5=O)CC2)C1. The lowest BCUT2D eigenvalue weighted by Crippen LogP contribution is -2.54. The number of fused-ring (bicyclic) bond motifs is 4. The number of rotatable bonds is 7. The molecule has 14 nitrogen and oxygen atoms in total. The molecule has 6 aliphatic rings. The van der Waals surface area contributed by atoms with Crippen molar-refractivity contribution in [2.45, 2.75) is 103 Å². The Morgan fingerprint density at radius 1 is 0.852 bits per heavy atom. The van der Waals surface area contributed by atoms with Crippen molar-refractivity contribution in [1.82, 2.24) is 39.6 Å². The van der Waals surface area contributed by atoms with Gasteiger partial charge < -0.3 is 9.80 Å². The zero-order chi connectivity index (χ0) is 42.3. The number of aryl methyl sites for hydroxylation is 2. The van der Waals surface area contributed by atoms with Crippen molar-refractivity contribution in [2.75, 3.05) is 31.1 Å². The topological polar surface area (TPSA) is 146 Å². The number of carbonyl (C=O) groups is 5. The quantitative estimate of drug-likeness (QED) is 0.242. The summed E-state index contributed by atoms with van der Waals surface area (Å²) in [5, 5.41) is 11.8. The molecule has 0 bridgehead atoms. The van der Waals surface area contributed by atoms with Crippen LogP contribution in [0, 0.1) is 5.92 Å². The van der Waals surface area contributed by atoms with Gasteiger partial charge in [0.2, 0.25) is 17.7 Å². The Morgan fingerprint density at radius 2 is 1.61 bits per heavy atom. The maximum Gasteiger partial charge on any atom is 0.264 e. The predicted molar refractivity (Wildman–Crippen MR) is 219 cm³/mol. The molecule has 1 atom stereocenters. The molecule has 7 heterocycles. The minimum Gasteiger partial charge on any atom is -0.338 e. The summed E-state index contributed by atoms with van der Waals surface area (Å²) in [5.74, 6) is -0.740. The number of benzene rings is 2. The van der Waals surface area contributed by atoms with Crippen molar-refractivity contribution < 1.29 is 32.8 Å². The van der Waals surface area contributed by atoms with E-state index in [9.17, 15) is 32.8 Å². The van der Waals surface area contributed by atoms with E-state index in [4.69, 9.17) is 5.10 Å². The Kier molecular flexibility index (Phi) is 9.87. The molecular formula is C45H49F2N9O5. The van der Waals surface area contributed by atoms with Crippen molar-refractivity contribution in [3.05, 3.63) is 81.3 Å². The summed E-state index contributed by atoms with van der Waals surface area (Å²) in [5.41, 5.74) is 7.73. The number of carbonyl (C=O) groups excluding carboxylic acids is 5. The average molecular weight is 834 g/mol. The van der Waals surface area contributed by atoms with Crippen LogP contribution in [0.15, 0.2) is 36.7 Å². The van der Waals surface area contributed by atoms with Crippen LogP contribution in [0.25, 0.3) is 11.1 Å². The summed E-state index contributed by atoms with van der Waals surface area (Å²) in [4.78, 5) is 71.3. The number of halogens is 2. The lowest BCUT2D eigenvalue weighted by molar-refractivity contribution is -0.136. The monoisotopic (exact) mass is 833 g/mol. The second-order valence-corrected chi connectivity index (χ2v) is 17.7. The van der Waals surface area contributed by atoms with Gasteiger partial charge in [-0.05, 0) is 104 Å². The minimum absolute atomic E-state index is 0.00371. The van der Waals surface area contributed by atoms with Crippen molar-refractivity contribution in [3.8, 4) is 11.1 Å². The second-order valence-electron chi connectivity index (χ2n) is 17.7. The number of hydrogen-bond acceptors (Lipinski definition) is 9. The van der Waals surface area contributed by atoms with Crippen LogP contribution >= 0.6 is 0 Å². The first-order chi connectivity index (χ1) is 29.4. The van der Waals surface area contributed by atoms with Gasteiger partial charge in [0.15, 0.2) is 5.82 Å². The summed E-state index contributed by atoms with van der Waals surface area (Å²) in [6.07, 6.45) is 7.88. The summed E-state index contributed by atoms with van der Waals surface area (Å²) in [6.45, 7) is 5.69.